The van der Waals surface area contributed by atoms with Crippen molar-refractivity contribution in [3.8, 4) is 5.40 Å². The molecule has 0 spiro atoms. The molecular weight excluding hydrogens is 390 g/mol. The van der Waals surface area contributed by atoms with Gasteiger partial charge in [0, 0.05) is 18.5 Å². The molecule has 1 aliphatic rings. The number of aromatic nitrogens is 4. The normalized spacial score (nSPS) is 14.7. The van der Waals surface area contributed by atoms with Crippen LogP contribution in [0.2, 0.25) is 0 Å². The molecule has 1 aliphatic heterocycles. The fraction of sp³-hybridized carbons (Fsp3) is 0.263. The standard InChI is InChI=1S/C19H17N7O2S/c20-10-29-15(26-8-4-7-14(26)27)9-25-12-23-16-17(21-11-22-18(16)25)24-19(28)13-5-2-1-3-6-13/h1-3,5-6,11-12,15H,4,7-9H2,(H,21,22,24,28). The highest BCUT2D eigenvalue weighted by molar-refractivity contribution is 8.04. The van der Waals surface area contributed by atoms with Crippen LogP contribution in [0, 0.1) is 10.7 Å². The van der Waals surface area contributed by atoms with E-state index >= 15 is 0 Å². The molecule has 10 heteroatoms. The molecule has 0 radical (unpaired) electrons. The van der Waals surface area contributed by atoms with Crippen LogP contribution in [0.5, 0.6) is 0 Å². The molecule has 0 aliphatic carbocycles. The van der Waals surface area contributed by atoms with Crippen LogP contribution in [-0.4, -0.2) is 48.2 Å². The first-order valence-corrected chi connectivity index (χ1v) is 9.92. The van der Waals surface area contributed by atoms with E-state index < -0.39 is 0 Å². The molecule has 1 fully saturated rings. The molecule has 1 saturated heterocycles. The van der Waals surface area contributed by atoms with Gasteiger partial charge in [0.2, 0.25) is 5.91 Å². The fourth-order valence-corrected chi connectivity index (χ4v) is 3.98. The summed E-state index contributed by atoms with van der Waals surface area (Å²) < 4.78 is 1.77. The lowest BCUT2D eigenvalue weighted by Gasteiger charge is -2.25. The number of carbonyl (C=O) groups is 2. The molecule has 2 aromatic heterocycles. The molecule has 1 atom stereocenters. The Labute approximate surface area is 170 Å². The Balaban J connectivity index is 1.59. The molecular formula is C19H17N7O2S. The van der Waals surface area contributed by atoms with Gasteiger partial charge >= 0.3 is 0 Å². The molecule has 146 valence electrons. The van der Waals surface area contributed by atoms with Crippen LogP contribution in [0.1, 0.15) is 23.2 Å². The first-order chi connectivity index (χ1) is 14.2. The van der Waals surface area contributed by atoms with Crippen LogP contribution in [0.3, 0.4) is 0 Å². The smallest absolute Gasteiger partial charge is 0.256 e. The Morgan fingerprint density at radius 2 is 2.10 bits per heavy atom. The number of likely N-dealkylation sites (tertiary alicyclic amines) is 1. The van der Waals surface area contributed by atoms with Gasteiger partial charge in [-0.1, -0.05) is 18.2 Å². The van der Waals surface area contributed by atoms with Crippen molar-refractivity contribution in [3.05, 3.63) is 48.5 Å². The number of hydrogen-bond donors (Lipinski definition) is 1. The molecule has 3 aromatic rings. The molecule has 0 saturated carbocycles. The Bertz CT molecular complexity index is 1090. The number of rotatable bonds is 6. The van der Waals surface area contributed by atoms with Crippen LogP contribution < -0.4 is 5.32 Å². The van der Waals surface area contributed by atoms with E-state index in [0.717, 1.165) is 18.2 Å². The zero-order valence-electron chi connectivity index (χ0n) is 15.4. The lowest BCUT2D eigenvalue weighted by Crippen LogP contribution is -2.36. The van der Waals surface area contributed by atoms with Gasteiger partial charge in [-0.05, 0) is 30.3 Å². The third-order valence-electron chi connectivity index (χ3n) is 4.67. The molecule has 9 nitrogen and oxygen atoms in total. The Hall–Kier alpha value is -3.45. The number of nitrogens with one attached hydrogen (secondary N) is 1. The number of thioether (sulfide) groups is 1. The molecule has 1 unspecified atom stereocenters. The highest BCUT2D eigenvalue weighted by Crippen LogP contribution is 2.25. The zero-order chi connectivity index (χ0) is 20.2. The summed E-state index contributed by atoms with van der Waals surface area (Å²) in [6.45, 7) is 1.00. The van der Waals surface area contributed by atoms with Crippen molar-refractivity contribution in [1.82, 2.24) is 24.4 Å². The van der Waals surface area contributed by atoms with E-state index in [9.17, 15) is 9.59 Å². The number of benzene rings is 1. The summed E-state index contributed by atoms with van der Waals surface area (Å²) >= 11 is 1.05. The van der Waals surface area contributed by atoms with Crippen LogP contribution >= 0.6 is 11.8 Å². The second kappa shape index (κ2) is 8.28. The van der Waals surface area contributed by atoms with Gasteiger partial charge in [0.1, 0.15) is 17.1 Å². The third-order valence-corrected chi connectivity index (χ3v) is 5.45. The summed E-state index contributed by atoms with van der Waals surface area (Å²) in [4.78, 5) is 39.1. The van der Waals surface area contributed by atoms with Crippen LogP contribution in [-0.2, 0) is 11.3 Å². The van der Waals surface area contributed by atoms with Gasteiger partial charge in [-0.25, -0.2) is 15.0 Å². The maximum absolute atomic E-state index is 12.4. The minimum Gasteiger partial charge on any atom is -0.328 e. The summed E-state index contributed by atoms with van der Waals surface area (Å²) in [6.07, 6.45) is 4.24. The van der Waals surface area contributed by atoms with Crippen LogP contribution in [0.4, 0.5) is 5.82 Å². The second-order valence-electron chi connectivity index (χ2n) is 6.47. The number of anilines is 1. The second-order valence-corrected chi connectivity index (χ2v) is 7.43. The van der Waals surface area contributed by atoms with E-state index in [1.807, 2.05) is 6.07 Å². The number of hydrogen-bond acceptors (Lipinski definition) is 7. The largest absolute Gasteiger partial charge is 0.328 e. The summed E-state index contributed by atoms with van der Waals surface area (Å²) in [6, 6.07) is 8.83. The van der Waals surface area contributed by atoms with E-state index in [1.54, 1.807) is 40.1 Å². The van der Waals surface area contributed by atoms with Crippen LogP contribution in [0.25, 0.3) is 11.2 Å². The van der Waals surface area contributed by atoms with Gasteiger partial charge in [0.25, 0.3) is 5.91 Å². The minimum atomic E-state index is -0.329. The Kier molecular flexibility index (Phi) is 5.39. The maximum atomic E-state index is 12.4. The molecule has 29 heavy (non-hydrogen) atoms. The van der Waals surface area contributed by atoms with Gasteiger partial charge in [-0.15, -0.1) is 0 Å². The van der Waals surface area contributed by atoms with E-state index in [2.05, 4.69) is 25.7 Å². The predicted molar refractivity (Wildman–Crippen MR) is 108 cm³/mol. The van der Waals surface area contributed by atoms with Crippen LogP contribution in [0.15, 0.2) is 43.0 Å². The highest BCUT2D eigenvalue weighted by atomic mass is 32.2. The first-order valence-electron chi connectivity index (χ1n) is 9.04. The van der Waals surface area contributed by atoms with Crippen molar-refractivity contribution in [2.24, 2.45) is 0 Å². The number of imidazole rings is 1. The summed E-state index contributed by atoms with van der Waals surface area (Å²) in [7, 11) is 0. The van der Waals surface area contributed by atoms with Crippen molar-refractivity contribution in [3.63, 3.8) is 0 Å². The van der Waals surface area contributed by atoms with Gasteiger partial charge in [-0.3, -0.25) is 9.59 Å². The summed E-state index contributed by atoms with van der Waals surface area (Å²) in [5.74, 6) is 0.0673. The topological polar surface area (TPSA) is 117 Å². The van der Waals surface area contributed by atoms with Crippen molar-refractivity contribution < 1.29 is 9.59 Å². The molecule has 1 aromatic carbocycles. The number of amides is 2. The molecule has 2 amide bonds. The van der Waals surface area contributed by atoms with Gasteiger partial charge in [0.15, 0.2) is 17.0 Å². The third kappa shape index (κ3) is 3.90. The lowest BCUT2D eigenvalue weighted by molar-refractivity contribution is -0.128. The number of nitriles is 1. The predicted octanol–water partition coefficient (Wildman–Crippen LogP) is 2.24. The van der Waals surface area contributed by atoms with Gasteiger partial charge < -0.3 is 14.8 Å². The number of carbonyl (C=O) groups excluding carboxylic acids is 2. The Morgan fingerprint density at radius 1 is 1.28 bits per heavy atom. The van der Waals surface area contributed by atoms with Gasteiger partial charge in [0.05, 0.1) is 12.9 Å². The van der Waals surface area contributed by atoms with E-state index in [0.29, 0.717) is 42.1 Å². The molecule has 4 rings (SSSR count). The minimum absolute atomic E-state index is 0.0487. The lowest BCUT2D eigenvalue weighted by atomic mass is 10.2. The summed E-state index contributed by atoms with van der Waals surface area (Å²) in [5, 5.41) is 13.7. The maximum Gasteiger partial charge on any atom is 0.256 e. The summed E-state index contributed by atoms with van der Waals surface area (Å²) in [5.41, 5.74) is 1.49. The highest BCUT2D eigenvalue weighted by Gasteiger charge is 2.29. The van der Waals surface area contributed by atoms with Crippen molar-refractivity contribution in [1.29, 1.82) is 5.26 Å². The van der Waals surface area contributed by atoms with Crippen molar-refractivity contribution in [2.75, 3.05) is 11.9 Å². The zero-order valence-corrected chi connectivity index (χ0v) is 16.2. The number of fused-ring (bicyclic) bond motifs is 1. The van der Waals surface area contributed by atoms with Crippen molar-refractivity contribution >= 4 is 40.6 Å². The van der Waals surface area contributed by atoms with E-state index in [1.165, 1.54) is 6.33 Å². The molecule has 1 N–H and O–H groups in total. The van der Waals surface area contributed by atoms with E-state index in [4.69, 9.17) is 5.26 Å². The number of nitrogens with zero attached hydrogens (tertiary/aromatic N) is 6. The quantitative estimate of drug-likeness (QED) is 0.623. The Morgan fingerprint density at radius 3 is 2.83 bits per heavy atom. The van der Waals surface area contributed by atoms with Gasteiger partial charge in [-0.2, -0.15) is 5.26 Å². The monoisotopic (exact) mass is 407 g/mol. The molecule has 3 heterocycles. The number of thiocyanates is 1. The fourth-order valence-electron chi connectivity index (χ4n) is 3.28. The SMILES string of the molecule is N#CSC(Cn1cnc2c(NC(=O)c3ccccc3)ncnc21)N1CCCC1=O. The van der Waals surface area contributed by atoms with Crippen molar-refractivity contribution in [2.45, 2.75) is 24.8 Å². The average Bonchev–Trinajstić information content (AvgIpc) is 3.35. The first kappa shape index (κ1) is 18.9. The van der Waals surface area contributed by atoms with E-state index in [-0.39, 0.29) is 17.2 Å². The molecule has 0 bridgehead atoms. The average molecular weight is 407 g/mol.